The van der Waals surface area contributed by atoms with Crippen LogP contribution >= 0.6 is 23.1 Å². The molecule has 0 bridgehead atoms. The maximum atomic E-state index is 13.4. The van der Waals surface area contributed by atoms with E-state index in [0.717, 1.165) is 23.3 Å². The molecule has 0 aliphatic heterocycles. The Morgan fingerprint density at radius 3 is 2.67 bits per heavy atom. The summed E-state index contributed by atoms with van der Waals surface area (Å²) in [5.41, 5.74) is 1.35. The highest BCUT2D eigenvalue weighted by Crippen LogP contribution is 2.27. The second-order valence-corrected chi connectivity index (χ2v) is 9.50. The molecule has 1 atom stereocenters. The molecule has 1 amide bonds. The van der Waals surface area contributed by atoms with Crippen LogP contribution in [0, 0.1) is 5.82 Å². The van der Waals surface area contributed by atoms with Crippen molar-refractivity contribution in [2.24, 2.45) is 0 Å². The van der Waals surface area contributed by atoms with Crippen LogP contribution in [0.3, 0.4) is 0 Å². The Bertz CT molecular complexity index is 1290. The summed E-state index contributed by atoms with van der Waals surface area (Å²) < 4.78 is 15.1. The van der Waals surface area contributed by atoms with Gasteiger partial charge in [-0.3, -0.25) is 14.2 Å². The molecule has 0 radical (unpaired) electrons. The molecule has 0 saturated heterocycles. The van der Waals surface area contributed by atoms with Gasteiger partial charge in [0.25, 0.3) is 5.56 Å². The van der Waals surface area contributed by atoms with Gasteiger partial charge >= 0.3 is 0 Å². The fourth-order valence-corrected chi connectivity index (χ4v) is 5.17. The van der Waals surface area contributed by atoms with E-state index in [1.54, 1.807) is 22.8 Å². The Morgan fingerprint density at radius 1 is 1.15 bits per heavy atom. The zero-order valence-electron chi connectivity index (χ0n) is 18.2. The van der Waals surface area contributed by atoms with E-state index in [4.69, 9.17) is 0 Å². The predicted octanol–water partition coefficient (Wildman–Crippen LogP) is 5.40. The lowest BCUT2D eigenvalue weighted by Crippen LogP contribution is -2.31. The molecule has 0 fully saturated rings. The monoisotopic (exact) mass is 481 g/mol. The lowest BCUT2D eigenvalue weighted by Gasteiger charge is -2.18. The van der Waals surface area contributed by atoms with Crippen LogP contribution in [0.5, 0.6) is 0 Å². The van der Waals surface area contributed by atoms with Gasteiger partial charge in [-0.05, 0) is 47.7 Å². The molecule has 0 spiro atoms. The topological polar surface area (TPSA) is 64.0 Å². The van der Waals surface area contributed by atoms with Crippen molar-refractivity contribution in [2.75, 3.05) is 5.75 Å². The maximum Gasteiger partial charge on any atom is 0.262 e. The fraction of sp³-hybridized carbons (Fsp3) is 0.240. The number of nitrogens with zero attached hydrogens (tertiary/aromatic N) is 2. The molecule has 0 saturated carbocycles. The van der Waals surface area contributed by atoms with Gasteiger partial charge in [0.05, 0.1) is 22.7 Å². The van der Waals surface area contributed by atoms with Crippen LogP contribution in [-0.4, -0.2) is 21.2 Å². The van der Waals surface area contributed by atoms with Crippen LogP contribution in [0.1, 0.15) is 36.2 Å². The van der Waals surface area contributed by atoms with Gasteiger partial charge in [-0.1, -0.05) is 55.4 Å². The average Bonchev–Trinajstić information content (AvgIpc) is 3.36. The SMILES string of the molecule is CCCCn1c(SCC(=O)NC(c2ccc(F)cc2)c2cccs2)nc2ccccc2c1=O. The highest BCUT2D eigenvalue weighted by atomic mass is 32.2. The maximum absolute atomic E-state index is 13.4. The van der Waals surface area contributed by atoms with Gasteiger partial charge in [-0.15, -0.1) is 11.3 Å². The van der Waals surface area contributed by atoms with Gasteiger partial charge in [0.15, 0.2) is 5.16 Å². The molecule has 0 aliphatic rings. The quantitative estimate of drug-likeness (QED) is 0.257. The molecule has 1 N–H and O–H groups in total. The summed E-state index contributed by atoms with van der Waals surface area (Å²) in [4.78, 5) is 31.6. The van der Waals surface area contributed by atoms with E-state index >= 15 is 0 Å². The third-order valence-corrected chi connectivity index (χ3v) is 7.14. The standard InChI is InChI=1S/C25H24FN3O2S2/c1-2-3-14-29-24(31)19-7-4-5-8-20(19)27-25(29)33-16-22(30)28-23(21-9-6-15-32-21)17-10-12-18(26)13-11-17/h4-13,15,23H,2-3,14,16H2,1H3,(H,28,30). The van der Waals surface area contributed by atoms with Gasteiger partial charge in [0.2, 0.25) is 5.91 Å². The van der Waals surface area contributed by atoms with Crippen LogP contribution in [0.4, 0.5) is 4.39 Å². The number of thioether (sulfide) groups is 1. The van der Waals surface area contributed by atoms with Crippen molar-refractivity contribution >= 4 is 39.9 Å². The molecule has 170 valence electrons. The van der Waals surface area contributed by atoms with Crippen molar-refractivity contribution in [1.82, 2.24) is 14.9 Å². The van der Waals surface area contributed by atoms with Crippen LogP contribution in [0.2, 0.25) is 0 Å². The Balaban J connectivity index is 1.55. The van der Waals surface area contributed by atoms with Gasteiger partial charge in [0.1, 0.15) is 5.82 Å². The van der Waals surface area contributed by atoms with Crippen LogP contribution in [0.25, 0.3) is 10.9 Å². The lowest BCUT2D eigenvalue weighted by atomic mass is 10.1. The first-order chi connectivity index (χ1) is 16.1. The smallest absolute Gasteiger partial charge is 0.262 e. The number of thiophene rings is 1. The van der Waals surface area contributed by atoms with Gasteiger partial charge in [-0.25, -0.2) is 9.37 Å². The second-order valence-electron chi connectivity index (χ2n) is 7.58. The van der Waals surface area contributed by atoms with E-state index < -0.39 is 0 Å². The molecule has 33 heavy (non-hydrogen) atoms. The molecular weight excluding hydrogens is 457 g/mol. The van der Waals surface area contributed by atoms with Crippen molar-refractivity contribution in [2.45, 2.75) is 37.5 Å². The first-order valence-corrected chi connectivity index (χ1v) is 12.6. The normalized spacial score (nSPS) is 12.1. The number of hydrogen-bond acceptors (Lipinski definition) is 5. The summed E-state index contributed by atoms with van der Waals surface area (Å²) in [5.74, 6) is -0.398. The number of carbonyl (C=O) groups excluding carboxylic acids is 1. The summed E-state index contributed by atoms with van der Waals surface area (Å²) in [5, 5.41) is 6.11. The van der Waals surface area contributed by atoms with Crippen LogP contribution in [-0.2, 0) is 11.3 Å². The number of halogens is 1. The minimum Gasteiger partial charge on any atom is -0.344 e. The number of nitrogens with one attached hydrogen (secondary N) is 1. The van der Waals surface area contributed by atoms with E-state index in [9.17, 15) is 14.0 Å². The summed E-state index contributed by atoms with van der Waals surface area (Å²) >= 11 is 2.78. The van der Waals surface area contributed by atoms with Crippen LogP contribution < -0.4 is 10.9 Å². The van der Waals surface area contributed by atoms with Crippen molar-refractivity contribution in [3.63, 3.8) is 0 Å². The summed E-state index contributed by atoms with van der Waals surface area (Å²) in [7, 11) is 0. The van der Waals surface area contributed by atoms with Gasteiger partial charge < -0.3 is 5.32 Å². The zero-order valence-corrected chi connectivity index (χ0v) is 19.8. The third-order valence-electron chi connectivity index (χ3n) is 5.23. The summed E-state index contributed by atoms with van der Waals surface area (Å²) in [6.07, 6.45) is 1.80. The van der Waals surface area contributed by atoms with Crippen molar-refractivity contribution in [3.8, 4) is 0 Å². The van der Waals surface area contributed by atoms with E-state index in [2.05, 4.69) is 17.2 Å². The minimum atomic E-state index is -0.370. The fourth-order valence-electron chi connectivity index (χ4n) is 3.53. The number of amides is 1. The number of hydrogen-bond donors (Lipinski definition) is 1. The van der Waals surface area contributed by atoms with Crippen molar-refractivity contribution < 1.29 is 9.18 Å². The highest BCUT2D eigenvalue weighted by molar-refractivity contribution is 7.99. The molecule has 2 heterocycles. The number of benzene rings is 2. The second kappa shape index (κ2) is 10.8. The van der Waals surface area contributed by atoms with Gasteiger partial charge in [-0.2, -0.15) is 0 Å². The number of fused-ring (bicyclic) bond motifs is 1. The molecule has 2 aromatic carbocycles. The van der Waals surface area contributed by atoms with E-state index in [1.807, 2.05) is 35.7 Å². The largest absolute Gasteiger partial charge is 0.344 e. The lowest BCUT2D eigenvalue weighted by molar-refractivity contribution is -0.119. The molecule has 2 aromatic heterocycles. The number of unbranched alkanes of at least 4 members (excludes halogenated alkanes) is 1. The van der Waals surface area contributed by atoms with Crippen LogP contribution in [0.15, 0.2) is 76.0 Å². The van der Waals surface area contributed by atoms with E-state index in [1.165, 1.54) is 35.2 Å². The first kappa shape index (κ1) is 23.2. The highest BCUT2D eigenvalue weighted by Gasteiger charge is 2.19. The average molecular weight is 482 g/mol. The molecular formula is C25H24FN3O2S2. The molecule has 1 unspecified atom stereocenters. The number of aromatic nitrogens is 2. The minimum absolute atomic E-state index is 0.0836. The predicted molar refractivity (Wildman–Crippen MR) is 132 cm³/mol. The number of para-hydroxylation sites is 1. The Kier molecular flexibility index (Phi) is 7.57. The first-order valence-electron chi connectivity index (χ1n) is 10.8. The number of carbonyl (C=O) groups is 1. The van der Waals surface area contributed by atoms with Crippen molar-refractivity contribution in [3.05, 3.63) is 92.7 Å². The Hall–Kier alpha value is -2.97. The summed E-state index contributed by atoms with van der Waals surface area (Å²) in [6.45, 7) is 2.63. The molecule has 4 rings (SSSR count). The molecule has 5 nitrogen and oxygen atoms in total. The molecule has 0 aliphatic carbocycles. The Labute approximate surface area is 199 Å². The zero-order chi connectivity index (χ0) is 23.2. The Morgan fingerprint density at radius 2 is 1.94 bits per heavy atom. The summed E-state index contributed by atoms with van der Waals surface area (Å²) in [6, 6.07) is 16.9. The molecule has 8 heteroatoms. The van der Waals surface area contributed by atoms with Gasteiger partial charge in [0, 0.05) is 11.4 Å². The number of rotatable bonds is 9. The van der Waals surface area contributed by atoms with E-state index in [-0.39, 0.29) is 29.1 Å². The third kappa shape index (κ3) is 5.51. The van der Waals surface area contributed by atoms with Crippen molar-refractivity contribution in [1.29, 1.82) is 0 Å². The molecule has 4 aromatic rings. The van der Waals surface area contributed by atoms with E-state index in [0.29, 0.717) is 22.6 Å².